The van der Waals surface area contributed by atoms with Crippen LogP contribution in [0.2, 0.25) is 0 Å². The van der Waals surface area contributed by atoms with Gasteiger partial charge < -0.3 is 13.3 Å². The summed E-state index contributed by atoms with van der Waals surface area (Å²) in [5, 5.41) is 5.86. The Morgan fingerprint density at radius 3 is 2.76 bits per heavy atom. The summed E-state index contributed by atoms with van der Waals surface area (Å²) >= 11 is 0. The predicted octanol–water partition coefficient (Wildman–Crippen LogP) is 3.47. The number of aryl methyl sites for hydroxylation is 1. The lowest BCUT2D eigenvalue weighted by Gasteiger charge is -2.19. The maximum absolute atomic E-state index is 13.1. The van der Waals surface area contributed by atoms with Crippen molar-refractivity contribution in [2.45, 2.75) is 25.9 Å². The maximum Gasteiger partial charge on any atom is 0.420 e. The van der Waals surface area contributed by atoms with Crippen LogP contribution in [0.4, 0.5) is 0 Å². The standard InChI is InChI=1S/C21H17N3O5/c1-13-8-9-17(28-13)14-11-16(18-7-4-10-27-18)24(22-14)20(25)12-23-15-5-2-3-6-19(15)29-21(23)26/h2-10,16H,11-12H2,1H3. The molecule has 146 valence electrons. The molecule has 0 spiro atoms. The van der Waals surface area contributed by atoms with Crippen molar-refractivity contribution in [2.24, 2.45) is 5.10 Å². The van der Waals surface area contributed by atoms with E-state index in [1.165, 1.54) is 9.58 Å². The van der Waals surface area contributed by atoms with E-state index in [1.54, 1.807) is 42.7 Å². The van der Waals surface area contributed by atoms with Crippen LogP contribution in [0.15, 0.2) is 77.9 Å². The van der Waals surface area contributed by atoms with Gasteiger partial charge in [0.1, 0.15) is 35.6 Å². The molecule has 0 saturated carbocycles. The van der Waals surface area contributed by atoms with Crippen LogP contribution in [-0.2, 0) is 11.3 Å². The summed E-state index contributed by atoms with van der Waals surface area (Å²) in [5.41, 5.74) is 1.65. The molecular weight excluding hydrogens is 374 g/mol. The first-order valence-corrected chi connectivity index (χ1v) is 9.18. The Hall–Kier alpha value is -3.81. The number of para-hydroxylation sites is 2. The SMILES string of the molecule is Cc1ccc(C2=NN(C(=O)Cn3c(=O)oc4ccccc43)C(c3ccco3)C2)o1. The van der Waals surface area contributed by atoms with E-state index in [1.807, 2.05) is 19.1 Å². The molecule has 1 aromatic carbocycles. The Morgan fingerprint density at radius 2 is 2.00 bits per heavy atom. The summed E-state index contributed by atoms with van der Waals surface area (Å²) in [4.78, 5) is 25.4. The molecule has 0 fully saturated rings. The van der Waals surface area contributed by atoms with E-state index < -0.39 is 11.8 Å². The highest BCUT2D eigenvalue weighted by atomic mass is 16.4. The number of furan rings is 2. The number of aromatic nitrogens is 1. The molecule has 1 unspecified atom stereocenters. The Bertz CT molecular complexity index is 1280. The second-order valence-corrected chi connectivity index (χ2v) is 6.85. The zero-order valence-electron chi connectivity index (χ0n) is 15.6. The number of hydrogen-bond donors (Lipinski definition) is 0. The fourth-order valence-corrected chi connectivity index (χ4v) is 3.55. The minimum atomic E-state index is -0.584. The molecule has 5 rings (SSSR count). The van der Waals surface area contributed by atoms with Gasteiger partial charge in [-0.15, -0.1) is 0 Å². The van der Waals surface area contributed by atoms with Crippen LogP contribution < -0.4 is 5.76 Å². The van der Waals surface area contributed by atoms with E-state index in [0.717, 1.165) is 5.76 Å². The van der Waals surface area contributed by atoms with Gasteiger partial charge in [-0.2, -0.15) is 5.10 Å². The molecule has 3 aromatic heterocycles. The number of rotatable bonds is 4. The molecule has 1 atom stereocenters. The van der Waals surface area contributed by atoms with Gasteiger partial charge in [0.2, 0.25) is 0 Å². The zero-order valence-corrected chi connectivity index (χ0v) is 15.6. The number of hydrogen-bond acceptors (Lipinski definition) is 6. The quantitative estimate of drug-likeness (QED) is 0.531. The Morgan fingerprint density at radius 1 is 1.14 bits per heavy atom. The highest BCUT2D eigenvalue weighted by Gasteiger charge is 2.36. The number of hydrazone groups is 1. The normalized spacial score (nSPS) is 16.5. The van der Waals surface area contributed by atoms with E-state index >= 15 is 0 Å². The molecule has 0 bridgehead atoms. The highest BCUT2D eigenvalue weighted by Crippen LogP contribution is 2.33. The van der Waals surface area contributed by atoms with Crippen molar-refractivity contribution in [2.75, 3.05) is 0 Å². The van der Waals surface area contributed by atoms with Gasteiger partial charge in [-0.05, 0) is 43.3 Å². The van der Waals surface area contributed by atoms with E-state index in [9.17, 15) is 9.59 Å². The van der Waals surface area contributed by atoms with E-state index in [2.05, 4.69) is 5.10 Å². The van der Waals surface area contributed by atoms with Crippen LogP contribution in [-0.4, -0.2) is 21.2 Å². The average molecular weight is 391 g/mol. The summed E-state index contributed by atoms with van der Waals surface area (Å²) < 4.78 is 17.7. The minimum absolute atomic E-state index is 0.193. The lowest BCUT2D eigenvalue weighted by Crippen LogP contribution is -2.32. The third-order valence-corrected chi connectivity index (χ3v) is 4.93. The van der Waals surface area contributed by atoms with Crippen molar-refractivity contribution >= 4 is 22.7 Å². The summed E-state index contributed by atoms with van der Waals surface area (Å²) in [6, 6.07) is 13.8. The first-order valence-electron chi connectivity index (χ1n) is 9.18. The van der Waals surface area contributed by atoms with Crippen molar-refractivity contribution in [3.63, 3.8) is 0 Å². The third-order valence-electron chi connectivity index (χ3n) is 4.93. The fourth-order valence-electron chi connectivity index (χ4n) is 3.55. The van der Waals surface area contributed by atoms with Crippen LogP contribution in [0.3, 0.4) is 0 Å². The molecule has 8 nitrogen and oxygen atoms in total. The van der Waals surface area contributed by atoms with Crippen LogP contribution in [0.25, 0.3) is 11.1 Å². The number of carbonyl (C=O) groups excluding carboxylic acids is 1. The summed E-state index contributed by atoms with van der Waals surface area (Å²) in [6.45, 7) is 1.66. The first kappa shape index (κ1) is 17.3. The topological polar surface area (TPSA) is 94.1 Å². The number of amides is 1. The van der Waals surface area contributed by atoms with E-state index in [4.69, 9.17) is 13.3 Å². The number of oxazole rings is 1. The largest absolute Gasteiger partial charge is 0.467 e. The van der Waals surface area contributed by atoms with Crippen LogP contribution in [0, 0.1) is 6.92 Å². The smallest absolute Gasteiger partial charge is 0.420 e. The van der Waals surface area contributed by atoms with Gasteiger partial charge in [-0.25, -0.2) is 9.80 Å². The molecule has 29 heavy (non-hydrogen) atoms. The van der Waals surface area contributed by atoms with Crippen molar-refractivity contribution in [1.29, 1.82) is 0 Å². The number of nitrogens with zero attached hydrogens (tertiary/aromatic N) is 3. The second-order valence-electron chi connectivity index (χ2n) is 6.85. The van der Waals surface area contributed by atoms with Gasteiger partial charge in [0.25, 0.3) is 5.91 Å². The summed E-state index contributed by atoms with van der Waals surface area (Å²) in [5.74, 6) is 1.06. The molecule has 1 amide bonds. The van der Waals surface area contributed by atoms with Gasteiger partial charge in [0.15, 0.2) is 5.58 Å². The van der Waals surface area contributed by atoms with Crippen molar-refractivity contribution < 1.29 is 18.0 Å². The lowest BCUT2D eigenvalue weighted by molar-refractivity contribution is -0.134. The van der Waals surface area contributed by atoms with E-state index in [0.29, 0.717) is 34.8 Å². The van der Waals surface area contributed by atoms with Crippen LogP contribution in [0.5, 0.6) is 0 Å². The Balaban J connectivity index is 1.50. The predicted molar refractivity (Wildman–Crippen MR) is 103 cm³/mol. The average Bonchev–Trinajstić information content (AvgIpc) is 3.48. The van der Waals surface area contributed by atoms with Crippen LogP contribution >= 0.6 is 0 Å². The van der Waals surface area contributed by atoms with Crippen molar-refractivity contribution in [3.05, 3.63) is 82.6 Å². The Kier molecular flexibility index (Phi) is 3.97. The molecule has 0 radical (unpaired) electrons. The number of benzene rings is 1. The molecule has 0 N–H and O–H groups in total. The molecule has 8 heteroatoms. The highest BCUT2D eigenvalue weighted by molar-refractivity contribution is 6.01. The monoisotopic (exact) mass is 391 g/mol. The minimum Gasteiger partial charge on any atom is -0.467 e. The fraction of sp³-hybridized carbons (Fsp3) is 0.190. The molecule has 0 saturated heterocycles. The van der Waals surface area contributed by atoms with Crippen molar-refractivity contribution in [3.8, 4) is 0 Å². The van der Waals surface area contributed by atoms with Gasteiger partial charge in [-0.3, -0.25) is 9.36 Å². The first-order chi connectivity index (χ1) is 14.1. The summed E-state index contributed by atoms with van der Waals surface area (Å²) in [7, 11) is 0. The van der Waals surface area contributed by atoms with Crippen LogP contribution in [0.1, 0.15) is 29.7 Å². The van der Waals surface area contributed by atoms with Crippen molar-refractivity contribution in [1.82, 2.24) is 9.58 Å². The molecule has 0 aliphatic carbocycles. The molecule has 4 heterocycles. The van der Waals surface area contributed by atoms with Gasteiger partial charge >= 0.3 is 5.76 Å². The maximum atomic E-state index is 13.1. The molecular formula is C21H17N3O5. The van der Waals surface area contributed by atoms with E-state index in [-0.39, 0.29) is 12.5 Å². The zero-order chi connectivity index (χ0) is 20.0. The number of fused-ring (bicyclic) bond motifs is 1. The van der Waals surface area contributed by atoms with Gasteiger partial charge in [0, 0.05) is 6.42 Å². The Labute approximate surface area is 164 Å². The molecule has 1 aliphatic rings. The lowest BCUT2D eigenvalue weighted by atomic mass is 10.1. The summed E-state index contributed by atoms with van der Waals surface area (Å²) in [6.07, 6.45) is 2.01. The molecule has 4 aromatic rings. The second kappa shape index (κ2) is 6.66. The van der Waals surface area contributed by atoms with Gasteiger partial charge in [-0.1, -0.05) is 12.1 Å². The number of carbonyl (C=O) groups is 1. The molecule has 1 aliphatic heterocycles. The van der Waals surface area contributed by atoms with Gasteiger partial charge in [0.05, 0.1) is 11.8 Å². The third kappa shape index (κ3) is 2.98.